The molecule has 2 aromatic heterocycles. The summed E-state index contributed by atoms with van der Waals surface area (Å²) in [5, 5.41) is 11.3. The van der Waals surface area contributed by atoms with Crippen molar-refractivity contribution in [3.8, 4) is 5.69 Å². The van der Waals surface area contributed by atoms with Crippen molar-refractivity contribution in [1.82, 2.24) is 14.5 Å². The van der Waals surface area contributed by atoms with Crippen LogP contribution in [0.4, 0.5) is 0 Å². The molecule has 9 aromatic rings. The zero-order valence-corrected chi connectivity index (χ0v) is 26.2. The second-order valence-corrected chi connectivity index (χ2v) is 12.6. The summed E-state index contributed by atoms with van der Waals surface area (Å²) in [7, 11) is 0. The number of nitrogens with zero attached hydrogens (tertiary/aromatic N) is 2. The third kappa shape index (κ3) is 4.01. The Morgan fingerprint density at radius 2 is 1.10 bits per heavy atom. The number of fused-ring (bicyclic) bond motifs is 8. The molecule has 0 aliphatic carbocycles. The molecule has 3 heteroatoms. The minimum absolute atomic E-state index is 0.00819. The lowest BCUT2D eigenvalue weighted by atomic mass is 9.99. The molecular weight excluding hydrogens is 583 g/mol. The predicted octanol–water partition coefficient (Wildman–Crippen LogP) is 11.3. The summed E-state index contributed by atoms with van der Waals surface area (Å²) in [6.07, 6.45) is 4.71. The Kier molecular flexibility index (Phi) is 5.94. The second kappa shape index (κ2) is 10.6. The molecule has 1 atom stereocenters. The van der Waals surface area contributed by atoms with Crippen LogP contribution in [-0.4, -0.2) is 9.13 Å². The Morgan fingerprint density at radius 1 is 0.458 bits per heavy atom. The summed E-state index contributed by atoms with van der Waals surface area (Å²) in [5.41, 5.74) is 10.7. The van der Waals surface area contributed by atoms with E-state index in [-0.39, 0.29) is 6.04 Å². The van der Waals surface area contributed by atoms with Crippen molar-refractivity contribution in [2.75, 3.05) is 0 Å². The smallest absolute Gasteiger partial charge is 0.0721 e. The first-order valence-electron chi connectivity index (χ1n) is 16.6. The molecule has 0 radical (unpaired) electrons. The van der Waals surface area contributed by atoms with Gasteiger partial charge in [0, 0.05) is 38.3 Å². The summed E-state index contributed by atoms with van der Waals surface area (Å²) in [5.74, 6) is 0. The average Bonchev–Trinajstić information content (AvgIpc) is 3.68. The summed E-state index contributed by atoms with van der Waals surface area (Å²) >= 11 is 0. The van der Waals surface area contributed by atoms with Gasteiger partial charge >= 0.3 is 0 Å². The van der Waals surface area contributed by atoms with Crippen LogP contribution >= 0.6 is 0 Å². The number of rotatable bonds is 4. The number of hydrogen-bond acceptors (Lipinski definition) is 1. The molecular formula is C45H31N3. The van der Waals surface area contributed by atoms with Crippen LogP contribution in [0.2, 0.25) is 0 Å². The molecule has 0 amide bonds. The summed E-state index contributed by atoms with van der Waals surface area (Å²) < 4.78 is 4.97. The van der Waals surface area contributed by atoms with Gasteiger partial charge in [-0.15, -0.1) is 0 Å². The van der Waals surface area contributed by atoms with Gasteiger partial charge in [0.05, 0.1) is 33.8 Å². The van der Waals surface area contributed by atoms with Crippen LogP contribution in [0.15, 0.2) is 176 Å². The van der Waals surface area contributed by atoms with E-state index in [1.807, 2.05) is 0 Å². The van der Waals surface area contributed by atoms with Crippen molar-refractivity contribution in [2.45, 2.75) is 6.04 Å². The number of allylic oxidation sites excluding steroid dienone is 2. The number of para-hydroxylation sites is 2. The first kappa shape index (κ1) is 26.9. The van der Waals surface area contributed by atoms with Gasteiger partial charge in [-0.25, -0.2) is 0 Å². The maximum Gasteiger partial charge on any atom is 0.0721 e. The van der Waals surface area contributed by atoms with Crippen LogP contribution in [0, 0.1) is 0 Å². The average molecular weight is 614 g/mol. The fourth-order valence-electron chi connectivity index (χ4n) is 7.82. The second-order valence-electron chi connectivity index (χ2n) is 12.6. The Labute approximate surface area is 278 Å². The number of hydrogen-bond donors (Lipinski definition) is 1. The maximum absolute atomic E-state index is 3.85. The van der Waals surface area contributed by atoms with Crippen LogP contribution in [0.25, 0.3) is 71.5 Å². The molecule has 10 rings (SSSR count). The van der Waals surface area contributed by atoms with Gasteiger partial charge in [0.15, 0.2) is 0 Å². The third-order valence-corrected chi connectivity index (χ3v) is 9.92. The van der Waals surface area contributed by atoms with Gasteiger partial charge in [-0.05, 0) is 52.9 Å². The lowest BCUT2D eigenvalue weighted by molar-refractivity contribution is 0.762. The molecule has 3 nitrogen and oxygen atoms in total. The van der Waals surface area contributed by atoms with Crippen LogP contribution in [0.5, 0.6) is 0 Å². The van der Waals surface area contributed by atoms with Gasteiger partial charge in [0.2, 0.25) is 0 Å². The van der Waals surface area contributed by atoms with Gasteiger partial charge in [0.25, 0.3) is 0 Å². The van der Waals surface area contributed by atoms with Crippen LogP contribution in [0.3, 0.4) is 0 Å². The lowest BCUT2D eigenvalue weighted by Gasteiger charge is -2.26. The molecule has 0 saturated carbocycles. The summed E-state index contributed by atoms with van der Waals surface area (Å²) in [4.78, 5) is 0. The highest BCUT2D eigenvalue weighted by molar-refractivity contribution is 6.27. The molecule has 1 aliphatic heterocycles. The van der Waals surface area contributed by atoms with Crippen molar-refractivity contribution in [2.24, 2.45) is 0 Å². The van der Waals surface area contributed by atoms with E-state index < -0.39 is 0 Å². The van der Waals surface area contributed by atoms with Gasteiger partial charge in [-0.2, -0.15) is 0 Å². The van der Waals surface area contributed by atoms with Crippen molar-refractivity contribution in [3.05, 3.63) is 187 Å². The van der Waals surface area contributed by atoms with E-state index in [2.05, 4.69) is 190 Å². The highest BCUT2D eigenvalue weighted by Crippen LogP contribution is 2.44. The molecule has 3 heterocycles. The number of dihydropyridines is 1. The van der Waals surface area contributed by atoms with E-state index in [0.29, 0.717) is 0 Å². The maximum atomic E-state index is 3.85. The minimum atomic E-state index is 0.00819. The highest BCUT2D eigenvalue weighted by Gasteiger charge is 2.24. The van der Waals surface area contributed by atoms with E-state index in [0.717, 1.165) is 11.4 Å². The lowest BCUT2D eigenvalue weighted by Crippen LogP contribution is -2.22. The van der Waals surface area contributed by atoms with Crippen molar-refractivity contribution < 1.29 is 0 Å². The summed E-state index contributed by atoms with van der Waals surface area (Å²) in [6.45, 7) is 0. The normalized spacial score (nSPS) is 14.9. The van der Waals surface area contributed by atoms with E-state index in [1.54, 1.807) is 0 Å². The molecule has 0 bridgehead atoms. The van der Waals surface area contributed by atoms with Crippen LogP contribution < -0.4 is 5.32 Å². The third-order valence-electron chi connectivity index (χ3n) is 9.92. The molecule has 0 fully saturated rings. The Morgan fingerprint density at radius 3 is 1.92 bits per heavy atom. The first-order chi connectivity index (χ1) is 23.8. The number of aromatic nitrogens is 2. The Hall–Kier alpha value is -6.32. The van der Waals surface area contributed by atoms with Gasteiger partial charge in [-0.1, -0.05) is 140 Å². The fourth-order valence-corrected chi connectivity index (χ4v) is 7.82. The zero-order valence-electron chi connectivity index (χ0n) is 26.2. The molecule has 0 spiro atoms. The summed E-state index contributed by atoms with van der Waals surface area (Å²) in [6, 6.07) is 59.1. The van der Waals surface area contributed by atoms with Crippen LogP contribution in [0.1, 0.15) is 17.2 Å². The molecule has 48 heavy (non-hydrogen) atoms. The standard InChI is InChI=1S/C45H31N3/c1-3-15-31(16-4-1)38-28-33(29-39(46-38)32-17-5-2-6-18-32)47-41-23-11-9-21-35(41)36-26-27-43-44(45(36)47)37-22-10-12-24-42(37)48(43)40-25-13-19-30-14-7-8-20-34(30)40/h1-29,38,46H. The Balaban J connectivity index is 1.34. The molecule has 0 saturated heterocycles. The quantitative estimate of drug-likeness (QED) is 0.210. The van der Waals surface area contributed by atoms with Crippen molar-refractivity contribution >= 4 is 65.8 Å². The molecule has 7 aromatic carbocycles. The fraction of sp³-hybridized carbons (Fsp3) is 0.0222. The SMILES string of the molecule is C1=C(c2ccccc2)NC(c2ccccc2)C=C1n1c2ccccc2c2ccc3c(c4ccccc4n3-c3cccc4ccccc34)c21. The predicted molar refractivity (Wildman–Crippen MR) is 202 cm³/mol. The van der Waals surface area contributed by atoms with Gasteiger partial charge in [-0.3, -0.25) is 0 Å². The number of nitrogens with one attached hydrogen (secondary N) is 1. The van der Waals surface area contributed by atoms with Crippen molar-refractivity contribution in [3.63, 3.8) is 0 Å². The van der Waals surface area contributed by atoms with E-state index in [4.69, 9.17) is 0 Å². The number of benzene rings is 7. The van der Waals surface area contributed by atoms with E-state index in [9.17, 15) is 0 Å². The van der Waals surface area contributed by atoms with Crippen LogP contribution in [-0.2, 0) is 0 Å². The largest absolute Gasteiger partial charge is 0.374 e. The molecule has 1 unspecified atom stereocenters. The molecule has 226 valence electrons. The monoisotopic (exact) mass is 613 g/mol. The van der Waals surface area contributed by atoms with E-state index >= 15 is 0 Å². The topological polar surface area (TPSA) is 21.9 Å². The minimum Gasteiger partial charge on any atom is -0.374 e. The van der Waals surface area contributed by atoms with Crippen molar-refractivity contribution in [1.29, 1.82) is 0 Å². The highest BCUT2D eigenvalue weighted by atomic mass is 15.0. The zero-order chi connectivity index (χ0) is 31.6. The molecule has 1 N–H and O–H groups in total. The van der Waals surface area contributed by atoms with Gasteiger partial charge < -0.3 is 14.5 Å². The first-order valence-corrected chi connectivity index (χ1v) is 16.6. The van der Waals surface area contributed by atoms with Gasteiger partial charge in [0.1, 0.15) is 0 Å². The Bertz CT molecular complexity index is 2740. The molecule has 1 aliphatic rings. The van der Waals surface area contributed by atoms with E-state index in [1.165, 1.54) is 71.2 Å².